The van der Waals surface area contributed by atoms with Crippen molar-refractivity contribution in [3.63, 3.8) is 0 Å². The first kappa shape index (κ1) is 11.8. The maximum absolute atomic E-state index is 5.73. The molecule has 0 aromatic heterocycles. The number of rotatable bonds is 7. The Morgan fingerprint density at radius 1 is 1.09 bits per heavy atom. The lowest BCUT2D eigenvalue weighted by Gasteiger charge is -2.00. The Morgan fingerprint density at radius 3 is 2.18 bits per heavy atom. The summed E-state index contributed by atoms with van der Waals surface area (Å²) in [5, 5.41) is 0. The van der Waals surface area contributed by atoms with E-state index in [0.717, 1.165) is 6.42 Å². The van der Waals surface area contributed by atoms with E-state index >= 15 is 0 Å². The molecule has 0 aromatic rings. The van der Waals surface area contributed by atoms with E-state index < -0.39 is 0 Å². The maximum atomic E-state index is 5.73. The van der Waals surface area contributed by atoms with Crippen LogP contribution in [0.2, 0.25) is 0 Å². The Morgan fingerprint density at radius 2 is 1.64 bits per heavy atom. The van der Waals surface area contributed by atoms with Gasteiger partial charge in [-0.1, -0.05) is 61.4 Å². The fraction of sp³-hybridized carbons (Fsp3) is 1.00. The van der Waals surface area contributed by atoms with Crippen molar-refractivity contribution in [1.29, 1.82) is 0 Å². The lowest BCUT2D eigenvalue weighted by molar-refractivity contribution is 0.600. The third-order valence-electron chi connectivity index (χ3n) is 1.78. The zero-order chi connectivity index (χ0) is 8.53. The van der Waals surface area contributed by atoms with E-state index in [1.54, 1.807) is 0 Å². The van der Waals surface area contributed by atoms with Crippen LogP contribution in [0.5, 0.6) is 0 Å². The molecule has 0 bridgehead atoms. The van der Waals surface area contributed by atoms with Crippen LogP contribution in [0.1, 0.15) is 51.9 Å². The van der Waals surface area contributed by atoms with Crippen molar-refractivity contribution in [2.24, 2.45) is 0 Å². The number of unbranched alkanes of at least 4 members (excludes halogenated alkanes) is 5. The summed E-state index contributed by atoms with van der Waals surface area (Å²) in [6, 6.07) is 0. The molecule has 0 spiro atoms. The molecular weight excluding hydrogens is 223 g/mol. The summed E-state index contributed by atoms with van der Waals surface area (Å²) >= 11 is 9.06. The lowest BCUT2D eigenvalue weighted by atomic mass is 10.1. The smallest absolute Gasteiger partial charge is 0.0886 e. The van der Waals surface area contributed by atoms with Gasteiger partial charge in [-0.25, -0.2) is 0 Å². The molecule has 1 atom stereocenters. The molecule has 0 amide bonds. The SMILES string of the molecule is CCCCCCCCC(Cl)Br. The zero-order valence-corrected chi connectivity index (χ0v) is 9.62. The Bertz CT molecular complexity index is 74.0. The molecule has 11 heavy (non-hydrogen) atoms. The Balaban J connectivity index is 2.80. The van der Waals surface area contributed by atoms with Gasteiger partial charge in [0.05, 0.1) is 4.29 Å². The van der Waals surface area contributed by atoms with Crippen LogP contribution in [0.4, 0.5) is 0 Å². The standard InChI is InChI=1S/C9H18BrCl/c1-2-3-4-5-6-7-8-9(10)11/h9H,2-8H2,1H3. The number of alkyl halides is 2. The molecule has 0 saturated carbocycles. The van der Waals surface area contributed by atoms with Crippen LogP contribution in [0, 0.1) is 0 Å². The monoisotopic (exact) mass is 240 g/mol. The van der Waals surface area contributed by atoms with Gasteiger partial charge in [0.15, 0.2) is 0 Å². The summed E-state index contributed by atoms with van der Waals surface area (Å²) in [7, 11) is 0. The molecular formula is C9H18BrCl. The minimum Gasteiger partial charge on any atom is -0.110 e. The Kier molecular flexibility index (Phi) is 9.48. The maximum Gasteiger partial charge on any atom is 0.0886 e. The highest BCUT2D eigenvalue weighted by Gasteiger charge is 1.96. The second-order valence-corrected chi connectivity index (χ2v) is 5.11. The molecule has 68 valence electrons. The average Bonchev–Trinajstić information content (AvgIpc) is 1.96. The Labute approximate surface area is 83.8 Å². The van der Waals surface area contributed by atoms with Crippen LogP contribution in [0.15, 0.2) is 0 Å². The highest BCUT2D eigenvalue weighted by atomic mass is 79.9. The first-order valence-electron chi connectivity index (χ1n) is 4.55. The molecule has 0 saturated heterocycles. The van der Waals surface area contributed by atoms with E-state index in [4.69, 9.17) is 11.6 Å². The summed E-state index contributed by atoms with van der Waals surface area (Å²) in [5.41, 5.74) is 0. The topological polar surface area (TPSA) is 0 Å². The van der Waals surface area contributed by atoms with E-state index in [1.807, 2.05) is 0 Å². The van der Waals surface area contributed by atoms with Gasteiger partial charge in [-0.15, -0.1) is 11.6 Å². The molecule has 0 aliphatic rings. The first-order chi connectivity index (χ1) is 5.27. The number of hydrogen-bond donors (Lipinski definition) is 0. The second kappa shape index (κ2) is 8.86. The number of hydrogen-bond acceptors (Lipinski definition) is 0. The van der Waals surface area contributed by atoms with Crippen LogP contribution in [0.25, 0.3) is 0 Å². The summed E-state index contributed by atoms with van der Waals surface area (Å²) in [6.07, 6.45) is 9.21. The van der Waals surface area contributed by atoms with Crippen molar-refractivity contribution in [3.8, 4) is 0 Å². The summed E-state index contributed by atoms with van der Waals surface area (Å²) < 4.78 is 0.189. The zero-order valence-electron chi connectivity index (χ0n) is 7.28. The van der Waals surface area contributed by atoms with Crippen molar-refractivity contribution in [2.45, 2.75) is 56.2 Å². The third kappa shape index (κ3) is 10.8. The summed E-state index contributed by atoms with van der Waals surface area (Å²) in [4.78, 5) is 0. The van der Waals surface area contributed by atoms with Gasteiger partial charge in [0, 0.05) is 0 Å². The van der Waals surface area contributed by atoms with Gasteiger partial charge >= 0.3 is 0 Å². The molecule has 0 aliphatic carbocycles. The van der Waals surface area contributed by atoms with Gasteiger partial charge in [-0.3, -0.25) is 0 Å². The molecule has 0 radical (unpaired) electrons. The minimum absolute atomic E-state index is 0.189. The van der Waals surface area contributed by atoms with Gasteiger partial charge in [0.1, 0.15) is 0 Å². The summed E-state index contributed by atoms with van der Waals surface area (Å²) in [6.45, 7) is 2.24. The van der Waals surface area contributed by atoms with Crippen molar-refractivity contribution >= 4 is 27.5 Å². The van der Waals surface area contributed by atoms with Gasteiger partial charge < -0.3 is 0 Å². The minimum atomic E-state index is 0.189. The number of halogens is 2. The molecule has 0 fully saturated rings. The molecule has 0 aliphatic heterocycles. The van der Waals surface area contributed by atoms with Gasteiger partial charge in [0.2, 0.25) is 0 Å². The van der Waals surface area contributed by atoms with Crippen LogP contribution in [-0.4, -0.2) is 4.29 Å². The van der Waals surface area contributed by atoms with E-state index in [-0.39, 0.29) is 4.29 Å². The molecule has 0 N–H and O–H groups in total. The third-order valence-corrected chi connectivity index (χ3v) is 2.45. The van der Waals surface area contributed by atoms with Crippen LogP contribution >= 0.6 is 27.5 Å². The fourth-order valence-corrected chi connectivity index (χ4v) is 1.56. The molecule has 0 rings (SSSR count). The van der Waals surface area contributed by atoms with Gasteiger partial charge in [-0.05, 0) is 6.42 Å². The quantitative estimate of drug-likeness (QED) is 0.448. The molecule has 0 heterocycles. The van der Waals surface area contributed by atoms with Crippen LogP contribution in [-0.2, 0) is 0 Å². The van der Waals surface area contributed by atoms with Crippen molar-refractivity contribution in [1.82, 2.24) is 0 Å². The van der Waals surface area contributed by atoms with Gasteiger partial charge in [-0.2, -0.15) is 0 Å². The van der Waals surface area contributed by atoms with Crippen molar-refractivity contribution in [3.05, 3.63) is 0 Å². The van der Waals surface area contributed by atoms with Crippen molar-refractivity contribution < 1.29 is 0 Å². The highest BCUT2D eigenvalue weighted by Crippen LogP contribution is 2.15. The fourth-order valence-electron chi connectivity index (χ4n) is 1.08. The first-order valence-corrected chi connectivity index (χ1v) is 5.90. The molecule has 1 unspecified atom stereocenters. The van der Waals surface area contributed by atoms with Crippen LogP contribution in [0.3, 0.4) is 0 Å². The second-order valence-electron chi connectivity index (χ2n) is 2.95. The molecule has 0 nitrogen and oxygen atoms in total. The lowest BCUT2D eigenvalue weighted by Crippen LogP contribution is -1.86. The average molecular weight is 242 g/mol. The molecule has 0 aromatic carbocycles. The molecule has 2 heteroatoms. The van der Waals surface area contributed by atoms with Gasteiger partial charge in [0.25, 0.3) is 0 Å². The normalized spacial score (nSPS) is 13.4. The predicted octanol–water partition coefficient (Wildman–Crippen LogP) is 4.70. The van der Waals surface area contributed by atoms with E-state index in [0.29, 0.717) is 0 Å². The van der Waals surface area contributed by atoms with E-state index in [2.05, 4.69) is 22.9 Å². The predicted molar refractivity (Wildman–Crippen MR) is 56.6 cm³/mol. The van der Waals surface area contributed by atoms with E-state index in [9.17, 15) is 0 Å². The van der Waals surface area contributed by atoms with Crippen molar-refractivity contribution in [2.75, 3.05) is 0 Å². The van der Waals surface area contributed by atoms with E-state index in [1.165, 1.54) is 38.5 Å². The highest BCUT2D eigenvalue weighted by molar-refractivity contribution is 9.10. The Hall–Kier alpha value is 0.770. The summed E-state index contributed by atoms with van der Waals surface area (Å²) in [5.74, 6) is 0. The largest absolute Gasteiger partial charge is 0.110 e. The van der Waals surface area contributed by atoms with Crippen LogP contribution < -0.4 is 0 Å².